The van der Waals surface area contributed by atoms with E-state index in [0.29, 0.717) is 17.1 Å². The van der Waals surface area contributed by atoms with Crippen molar-refractivity contribution in [1.82, 2.24) is 4.90 Å². The van der Waals surface area contributed by atoms with E-state index in [1.807, 2.05) is 6.92 Å². The average Bonchev–Trinajstić information content (AvgIpc) is 3.50. The molecular formula is C21H22F3NO3. The molecule has 7 heteroatoms. The SMILES string of the molecule is COc1cc(C(=O)N(Cc2ccccc2C(F)(F)F)C2CC2)cc(OC)c1C. The number of carbonyl (C=O) groups excluding carboxylic acids is 1. The van der Waals surface area contributed by atoms with E-state index >= 15 is 0 Å². The summed E-state index contributed by atoms with van der Waals surface area (Å²) in [5.41, 5.74) is 0.450. The van der Waals surface area contributed by atoms with Crippen molar-refractivity contribution in [1.29, 1.82) is 0 Å². The number of ether oxygens (including phenoxy) is 2. The second-order valence-corrected chi connectivity index (χ2v) is 6.82. The number of amides is 1. The summed E-state index contributed by atoms with van der Waals surface area (Å²) in [4.78, 5) is 14.7. The Hall–Kier alpha value is -2.70. The second kappa shape index (κ2) is 7.73. The minimum atomic E-state index is -4.47. The fourth-order valence-electron chi connectivity index (χ4n) is 3.25. The lowest BCUT2D eigenvalue weighted by molar-refractivity contribution is -0.138. The van der Waals surface area contributed by atoms with Gasteiger partial charge < -0.3 is 14.4 Å². The molecule has 4 nitrogen and oxygen atoms in total. The third kappa shape index (κ3) is 4.08. The van der Waals surface area contributed by atoms with Crippen molar-refractivity contribution >= 4 is 5.91 Å². The van der Waals surface area contributed by atoms with Crippen LogP contribution in [0, 0.1) is 6.92 Å². The molecule has 0 heterocycles. The second-order valence-electron chi connectivity index (χ2n) is 6.82. The molecule has 0 bridgehead atoms. The molecule has 0 radical (unpaired) electrons. The van der Waals surface area contributed by atoms with E-state index in [-0.39, 0.29) is 24.1 Å². The third-order valence-corrected chi connectivity index (χ3v) is 4.91. The highest BCUT2D eigenvalue weighted by Gasteiger charge is 2.37. The molecule has 1 aliphatic rings. The van der Waals surface area contributed by atoms with Gasteiger partial charge in [0.15, 0.2) is 0 Å². The van der Waals surface area contributed by atoms with Gasteiger partial charge in [-0.15, -0.1) is 0 Å². The molecule has 0 aromatic heterocycles. The first kappa shape index (κ1) is 20.0. The molecule has 150 valence electrons. The fraction of sp³-hybridized carbons (Fsp3) is 0.381. The van der Waals surface area contributed by atoms with Crippen LogP contribution in [0.2, 0.25) is 0 Å². The molecule has 3 rings (SSSR count). The summed E-state index contributed by atoms with van der Waals surface area (Å²) in [5.74, 6) is 0.652. The standard InChI is InChI=1S/C21H22F3NO3/c1-13-18(27-2)10-15(11-19(13)28-3)20(26)25(16-8-9-16)12-14-6-4-5-7-17(14)21(22,23)24/h4-7,10-11,16H,8-9,12H2,1-3H3. The van der Waals surface area contributed by atoms with E-state index in [1.165, 1.54) is 31.3 Å². The number of benzene rings is 2. The molecule has 0 unspecified atom stereocenters. The van der Waals surface area contributed by atoms with Gasteiger partial charge in [0, 0.05) is 23.7 Å². The first-order valence-corrected chi connectivity index (χ1v) is 8.95. The van der Waals surface area contributed by atoms with Gasteiger partial charge in [-0.25, -0.2) is 0 Å². The van der Waals surface area contributed by atoms with Gasteiger partial charge in [0.05, 0.1) is 19.8 Å². The molecule has 2 aromatic rings. The Kier molecular flexibility index (Phi) is 5.54. The summed E-state index contributed by atoms with van der Waals surface area (Å²) < 4.78 is 50.7. The maximum absolute atomic E-state index is 13.3. The Labute approximate surface area is 161 Å². The van der Waals surface area contributed by atoms with Crippen LogP contribution in [-0.2, 0) is 12.7 Å². The van der Waals surface area contributed by atoms with Gasteiger partial charge in [0.25, 0.3) is 5.91 Å². The number of hydrogen-bond acceptors (Lipinski definition) is 3. The van der Waals surface area contributed by atoms with Gasteiger partial charge in [-0.2, -0.15) is 13.2 Å². The molecule has 0 aliphatic heterocycles. The normalized spacial score (nSPS) is 13.9. The quantitative estimate of drug-likeness (QED) is 0.705. The molecule has 1 aliphatic carbocycles. The first-order chi connectivity index (χ1) is 13.3. The number of hydrogen-bond donors (Lipinski definition) is 0. The highest BCUT2D eigenvalue weighted by atomic mass is 19.4. The fourth-order valence-corrected chi connectivity index (χ4v) is 3.25. The Morgan fingerprint density at radius 1 is 1.11 bits per heavy atom. The smallest absolute Gasteiger partial charge is 0.416 e. The van der Waals surface area contributed by atoms with Crippen LogP contribution in [-0.4, -0.2) is 31.1 Å². The lowest BCUT2D eigenvalue weighted by Gasteiger charge is -2.25. The number of methoxy groups -OCH3 is 2. The van der Waals surface area contributed by atoms with Crippen LogP contribution < -0.4 is 9.47 Å². The molecule has 0 saturated heterocycles. The summed E-state index contributed by atoms with van der Waals surface area (Å²) in [5, 5.41) is 0. The number of alkyl halides is 3. The van der Waals surface area contributed by atoms with Crippen molar-refractivity contribution in [3.05, 3.63) is 58.7 Å². The number of nitrogens with zero attached hydrogens (tertiary/aromatic N) is 1. The van der Waals surface area contributed by atoms with Gasteiger partial charge in [0.2, 0.25) is 0 Å². The Balaban J connectivity index is 1.96. The van der Waals surface area contributed by atoms with Crippen LogP contribution in [0.15, 0.2) is 36.4 Å². The van der Waals surface area contributed by atoms with Crippen molar-refractivity contribution in [2.24, 2.45) is 0 Å². The van der Waals surface area contributed by atoms with Crippen LogP contribution in [0.4, 0.5) is 13.2 Å². The first-order valence-electron chi connectivity index (χ1n) is 8.95. The zero-order valence-corrected chi connectivity index (χ0v) is 16.0. The molecule has 1 saturated carbocycles. The highest BCUT2D eigenvalue weighted by Crippen LogP contribution is 2.36. The molecule has 2 aromatic carbocycles. The van der Waals surface area contributed by atoms with E-state index in [2.05, 4.69) is 0 Å². The topological polar surface area (TPSA) is 38.8 Å². The Bertz CT molecular complexity index is 850. The number of rotatable bonds is 6. The van der Waals surface area contributed by atoms with Crippen LogP contribution in [0.5, 0.6) is 11.5 Å². The van der Waals surface area contributed by atoms with Crippen molar-refractivity contribution in [3.8, 4) is 11.5 Å². The lowest BCUT2D eigenvalue weighted by atomic mass is 10.0. The molecule has 28 heavy (non-hydrogen) atoms. The van der Waals surface area contributed by atoms with Crippen LogP contribution in [0.3, 0.4) is 0 Å². The highest BCUT2D eigenvalue weighted by molar-refractivity contribution is 5.95. The van der Waals surface area contributed by atoms with Crippen molar-refractivity contribution in [3.63, 3.8) is 0 Å². The van der Waals surface area contributed by atoms with E-state index in [1.54, 1.807) is 18.2 Å². The van der Waals surface area contributed by atoms with Crippen LogP contribution >= 0.6 is 0 Å². The minimum Gasteiger partial charge on any atom is -0.496 e. The molecule has 1 fully saturated rings. The summed E-state index contributed by atoms with van der Waals surface area (Å²) in [7, 11) is 2.99. The predicted octanol–water partition coefficient (Wildman–Crippen LogP) is 4.84. The zero-order valence-electron chi connectivity index (χ0n) is 16.0. The predicted molar refractivity (Wildman–Crippen MR) is 98.6 cm³/mol. The summed E-state index contributed by atoms with van der Waals surface area (Å²) in [6.45, 7) is 1.71. The van der Waals surface area contributed by atoms with Crippen molar-refractivity contribution in [2.45, 2.75) is 38.5 Å². The largest absolute Gasteiger partial charge is 0.496 e. The summed E-state index contributed by atoms with van der Waals surface area (Å²) in [6, 6.07) is 8.51. The van der Waals surface area contributed by atoms with Crippen LogP contribution in [0.1, 0.15) is 39.9 Å². The average molecular weight is 393 g/mol. The van der Waals surface area contributed by atoms with Crippen LogP contribution in [0.25, 0.3) is 0 Å². The van der Waals surface area contributed by atoms with E-state index in [4.69, 9.17) is 9.47 Å². The molecular weight excluding hydrogens is 371 g/mol. The van der Waals surface area contributed by atoms with Gasteiger partial charge in [0.1, 0.15) is 11.5 Å². The number of carbonyl (C=O) groups is 1. The maximum Gasteiger partial charge on any atom is 0.416 e. The van der Waals surface area contributed by atoms with Gasteiger partial charge in [-0.3, -0.25) is 4.79 Å². The maximum atomic E-state index is 13.3. The summed E-state index contributed by atoms with van der Waals surface area (Å²) >= 11 is 0. The molecule has 1 amide bonds. The van der Waals surface area contributed by atoms with E-state index in [0.717, 1.165) is 24.5 Å². The summed E-state index contributed by atoms with van der Waals surface area (Å²) in [6.07, 6.45) is -2.91. The minimum absolute atomic E-state index is 0.0629. The molecule has 0 atom stereocenters. The Morgan fingerprint density at radius 3 is 2.18 bits per heavy atom. The third-order valence-electron chi connectivity index (χ3n) is 4.91. The van der Waals surface area contributed by atoms with Crippen molar-refractivity contribution < 1.29 is 27.4 Å². The zero-order chi connectivity index (χ0) is 20.5. The molecule has 0 spiro atoms. The van der Waals surface area contributed by atoms with Gasteiger partial charge in [-0.1, -0.05) is 18.2 Å². The van der Waals surface area contributed by atoms with E-state index in [9.17, 15) is 18.0 Å². The Morgan fingerprint density at radius 2 is 1.68 bits per heavy atom. The van der Waals surface area contributed by atoms with Gasteiger partial charge >= 0.3 is 6.18 Å². The van der Waals surface area contributed by atoms with Crippen molar-refractivity contribution in [2.75, 3.05) is 14.2 Å². The molecule has 0 N–H and O–H groups in total. The van der Waals surface area contributed by atoms with Gasteiger partial charge in [-0.05, 0) is 43.5 Å². The van der Waals surface area contributed by atoms with E-state index < -0.39 is 11.7 Å². The lowest BCUT2D eigenvalue weighted by Crippen LogP contribution is -2.33. The monoisotopic (exact) mass is 393 g/mol. The number of halogens is 3.